The monoisotopic (exact) mass is 500 g/mol. The molecule has 0 radical (unpaired) electrons. The number of nitrogens with one attached hydrogen (secondary N) is 2. The van der Waals surface area contributed by atoms with Crippen molar-refractivity contribution < 1.29 is 18.7 Å². The van der Waals surface area contributed by atoms with Gasteiger partial charge >= 0.3 is 6.09 Å². The zero-order valence-corrected chi connectivity index (χ0v) is 20.6. The van der Waals surface area contributed by atoms with Gasteiger partial charge in [-0.2, -0.15) is 0 Å². The lowest BCUT2D eigenvalue weighted by atomic mass is 9.86. The van der Waals surface area contributed by atoms with Crippen molar-refractivity contribution in [3.05, 3.63) is 89.8 Å². The first-order valence-electron chi connectivity index (χ1n) is 12.4. The van der Waals surface area contributed by atoms with Crippen LogP contribution in [0.5, 0.6) is 0 Å². The molecule has 1 saturated heterocycles. The summed E-state index contributed by atoms with van der Waals surface area (Å²) in [6.07, 6.45) is 11.4. The van der Waals surface area contributed by atoms with Gasteiger partial charge in [-0.25, -0.2) is 9.18 Å². The molecular weight excluding hydrogens is 471 g/mol. The molecule has 1 aliphatic carbocycles. The highest BCUT2D eigenvalue weighted by Crippen LogP contribution is 2.30. The number of hydrogen-bond acceptors (Lipinski definition) is 5. The third kappa shape index (κ3) is 5.70. The van der Waals surface area contributed by atoms with E-state index in [9.17, 15) is 9.59 Å². The molecular formula is C29H29FN4O3. The average Bonchev–Trinajstić information content (AvgIpc) is 3.28. The van der Waals surface area contributed by atoms with Crippen LogP contribution in [0.1, 0.15) is 12.5 Å². The number of amides is 2. The van der Waals surface area contributed by atoms with Gasteiger partial charge in [0.1, 0.15) is 11.9 Å². The topological polar surface area (TPSA) is 83.0 Å². The number of fused-ring (bicyclic) bond motifs is 1. The Morgan fingerprint density at radius 1 is 1.14 bits per heavy atom. The van der Waals surface area contributed by atoms with Gasteiger partial charge in [-0.05, 0) is 41.0 Å². The van der Waals surface area contributed by atoms with Crippen LogP contribution in [-0.2, 0) is 16.1 Å². The first-order chi connectivity index (χ1) is 18.0. The van der Waals surface area contributed by atoms with Crippen LogP contribution in [0.4, 0.5) is 14.9 Å². The molecule has 0 spiro atoms. The van der Waals surface area contributed by atoms with Crippen LogP contribution in [-0.4, -0.2) is 50.0 Å². The van der Waals surface area contributed by atoms with E-state index in [0.717, 1.165) is 17.7 Å². The number of hydrogen-bond donors (Lipinski definition) is 2. The summed E-state index contributed by atoms with van der Waals surface area (Å²) in [6, 6.07) is 12.7. The van der Waals surface area contributed by atoms with Crippen LogP contribution in [0.2, 0.25) is 0 Å². The Morgan fingerprint density at radius 2 is 1.95 bits per heavy atom. The Hall–Kier alpha value is -4.04. The maximum Gasteiger partial charge on any atom is 0.414 e. The average molecular weight is 501 g/mol. The second-order valence-electron chi connectivity index (χ2n) is 9.34. The van der Waals surface area contributed by atoms with Gasteiger partial charge in [-0.15, -0.1) is 0 Å². The van der Waals surface area contributed by atoms with E-state index in [1.54, 1.807) is 12.1 Å². The van der Waals surface area contributed by atoms with Crippen molar-refractivity contribution in [1.82, 2.24) is 10.6 Å². The Labute approximate surface area is 215 Å². The first-order valence-corrected chi connectivity index (χ1v) is 12.4. The molecule has 37 heavy (non-hydrogen) atoms. The molecule has 3 aliphatic rings. The van der Waals surface area contributed by atoms with Crippen LogP contribution in [0, 0.1) is 11.7 Å². The first kappa shape index (κ1) is 24.6. The van der Waals surface area contributed by atoms with Crippen LogP contribution in [0.25, 0.3) is 11.1 Å². The van der Waals surface area contributed by atoms with Gasteiger partial charge in [0, 0.05) is 37.7 Å². The van der Waals surface area contributed by atoms with Crippen molar-refractivity contribution in [3.63, 3.8) is 0 Å². The highest BCUT2D eigenvalue weighted by molar-refractivity contribution is 5.90. The summed E-state index contributed by atoms with van der Waals surface area (Å²) < 4.78 is 20.3. The highest BCUT2D eigenvalue weighted by Gasteiger charge is 2.32. The minimum Gasteiger partial charge on any atom is -0.442 e. The van der Waals surface area contributed by atoms with Crippen LogP contribution >= 0.6 is 0 Å². The number of nitrogens with zero attached hydrogens (tertiary/aromatic N) is 2. The standard InChI is InChI=1S/C29H29FN4O3/c1-19(35)33-17-24-18-34(29(36)37-24)23-10-11-25(27(30)14-23)21-8-6-20(7-9-21)15-31-16-22-12-13-32-28-5-3-2-4-26(22)28/h2-14,24,26,28,31H,15-18H2,1H3,(H,33,35)/t24-,26?,28?/m0/s1. The molecule has 0 bridgehead atoms. The van der Waals surface area contributed by atoms with Crippen molar-refractivity contribution in [1.29, 1.82) is 0 Å². The normalized spacial score (nSPS) is 22.0. The minimum atomic E-state index is -0.554. The smallest absolute Gasteiger partial charge is 0.414 e. The molecule has 0 saturated carbocycles. The summed E-state index contributed by atoms with van der Waals surface area (Å²) in [5.41, 5.74) is 4.05. The fourth-order valence-electron chi connectivity index (χ4n) is 4.76. The molecule has 2 heterocycles. The highest BCUT2D eigenvalue weighted by atomic mass is 19.1. The number of benzene rings is 2. The third-order valence-corrected chi connectivity index (χ3v) is 6.72. The van der Waals surface area contributed by atoms with E-state index in [2.05, 4.69) is 39.9 Å². The lowest BCUT2D eigenvalue weighted by Gasteiger charge is -2.26. The Balaban J connectivity index is 1.18. The predicted molar refractivity (Wildman–Crippen MR) is 142 cm³/mol. The molecule has 3 atom stereocenters. The van der Waals surface area contributed by atoms with Crippen molar-refractivity contribution in [3.8, 4) is 11.1 Å². The zero-order valence-electron chi connectivity index (χ0n) is 20.6. The predicted octanol–water partition coefficient (Wildman–Crippen LogP) is 4.17. The molecule has 2 N–H and O–H groups in total. The maximum absolute atomic E-state index is 15.0. The number of aliphatic imine (C=N–C) groups is 1. The van der Waals surface area contributed by atoms with Gasteiger partial charge in [0.2, 0.25) is 5.91 Å². The van der Waals surface area contributed by atoms with E-state index in [4.69, 9.17) is 4.74 Å². The summed E-state index contributed by atoms with van der Waals surface area (Å²) in [7, 11) is 0. The number of anilines is 1. The lowest BCUT2D eigenvalue weighted by Crippen LogP contribution is -2.33. The van der Waals surface area contributed by atoms with Gasteiger partial charge in [-0.3, -0.25) is 14.7 Å². The summed E-state index contributed by atoms with van der Waals surface area (Å²) in [5, 5.41) is 6.13. The molecule has 1 fully saturated rings. The SMILES string of the molecule is CC(=O)NC[C@H]1CN(c2ccc(-c3ccc(CNCC4=CC=NC5C=CC=CC45)cc3)c(F)c2)C(=O)O1. The fourth-order valence-corrected chi connectivity index (χ4v) is 4.76. The Bertz CT molecular complexity index is 1300. The van der Waals surface area contributed by atoms with Crippen molar-refractivity contribution in [2.45, 2.75) is 25.6 Å². The van der Waals surface area contributed by atoms with E-state index < -0.39 is 18.0 Å². The number of dihydropyridines is 1. The summed E-state index contributed by atoms with van der Waals surface area (Å²) in [4.78, 5) is 29.2. The molecule has 8 heteroatoms. The van der Waals surface area contributed by atoms with E-state index in [1.165, 1.54) is 23.5 Å². The second kappa shape index (κ2) is 10.9. The summed E-state index contributed by atoms with van der Waals surface area (Å²) >= 11 is 0. The minimum absolute atomic E-state index is 0.189. The third-order valence-electron chi connectivity index (χ3n) is 6.72. The molecule has 2 amide bonds. The fraction of sp³-hybridized carbons (Fsp3) is 0.276. The molecule has 2 aliphatic heterocycles. The van der Waals surface area contributed by atoms with Gasteiger partial charge < -0.3 is 15.4 Å². The second-order valence-corrected chi connectivity index (χ2v) is 9.34. The van der Waals surface area contributed by atoms with E-state index >= 15 is 4.39 Å². The number of halogens is 1. The maximum atomic E-state index is 15.0. The summed E-state index contributed by atoms with van der Waals surface area (Å²) in [5.74, 6) is -0.311. The van der Waals surface area contributed by atoms with Crippen LogP contribution in [0.3, 0.4) is 0 Å². The number of allylic oxidation sites excluding steroid dienone is 3. The van der Waals surface area contributed by atoms with Crippen molar-refractivity contribution in [2.24, 2.45) is 10.9 Å². The van der Waals surface area contributed by atoms with E-state index in [1.807, 2.05) is 36.6 Å². The largest absolute Gasteiger partial charge is 0.442 e. The molecule has 0 aromatic heterocycles. The van der Waals surface area contributed by atoms with Crippen LogP contribution < -0.4 is 15.5 Å². The lowest BCUT2D eigenvalue weighted by molar-refractivity contribution is -0.119. The van der Waals surface area contributed by atoms with E-state index in [0.29, 0.717) is 23.7 Å². The Kier molecular flexibility index (Phi) is 7.28. The number of rotatable bonds is 8. The molecule has 5 rings (SSSR count). The number of carbonyl (C=O) groups excluding carboxylic acids is 2. The van der Waals surface area contributed by atoms with Crippen molar-refractivity contribution in [2.75, 3.05) is 24.5 Å². The molecule has 7 nitrogen and oxygen atoms in total. The van der Waals surface area contributed by atoms with E-state index in [-0.39, 0.29) is 25.0 Å². The van der Waals surface area contributed by atoms with Gasteiger partial charge in [0.25, 0.3) is 0 Å². The van der Waals surface area contributed by atoms with Crippen LogP contribution in [0.15, 0.2) is 83.4 Å². The number of cyclic esters (lactones) is 1. The van der Waals surface area contributed by atoms with Crippen molar-refractivity contribution >= 4 is 23.9 Å². The quantitative estimate of drug-likeness (QED) is 0.570. The summed E-state index contributed by atoms with van der Waals surface area (Å²) in [6.45, 7) is 3.34. The zero-order chi connectivity index (χ0) is 25.8. The molecule has 2 aromatic carbocycles. The Morgan fingerprint density at radius 3 is 2.73 bits per heavy atom. The van der Waals surface area contributed by atoms with Gasteiger partial charge in [0.15, 0.2) is 0 Å². The number of carbonyl (C=O) groups is 2. The van der Waals surface area contributed by atoms with Gasteiger partial charge in [-0.1, -0.05) is 48.6 Å². The number of ether oxygens (including phenoxy) is 1. The molecule has 2 aromatic rings. The molecule has 2 unspecified atom stereocenters. The molecule has 190 valence electrons. The van der Waals surface area contributed by atoms with Gasteiger partial charge in [0.05, 0.1) is 24.8 Å².